The largest absolute Gasteiger partial charge is 0.378 e. The molecule has 30 heavy (non-hydrogen) atoms. The first-order chi connectivity index (χ1) is 14.5. The molecule has 1 aromatic heterocycles. The number of nitrogens with one attached hydrogen (secondary N) is 1. The topological polar surface area (TPSA) is 91.8 Å². The summed E-state index contributed by atoms with van der Waals surface area (Å²) in [7, 11) is 0. The molecule has 0 radical (unpaired) electrons. The van der Waals surface area contributed by atoms with Gasteiger partial charge in [-0.05, 0) is 29.8 Å². The second-order valence-corrected chi connectivity index (χ2v) is 7.10. The monoisotopic (exact) mass is 406 g/mol. The number of ether oxygens (including phenoxy) is 1. The van der Waals surface area contributed by atoms with E-state index < -0.39 is 0 Å². The standard InChI is InChI=1S/C22H22N4O4/c1-15(27)24-17-7-5-16(6-8-17)19-20(25-10-12-30-13-11-25)22(29)26(21(19)28)14-18-4-2-3-9-23-18/h2-9H,10-14H2,1H3,(H,24,27). The molecule has 0 saturated carbocycles. The zero-order valence-corrected chi connectivity index (χ0v) is 16.6. The minimum Gasteiger partial charge on any atom is -0.378 e. The maximum Gasteiger partial charge on any atom is 0.278 e. The van der Waals surface area contributed by atoms with Crippen LogP contribution < -0.4 is 5.32 Å². The molecule has 0 bridgehead atoms. The number of hydrogen-bond donors (Lipinski definition) is 1. The quantitative estimate of drug-likeness (QED) is 0.760. The Morgan fingerprint density at radius 2 is 1.80 bits per heavy atom. The summed E-state index contributed by atoms with van der Waals surface area (Å²) >= 11 is 0. The zero-order valence-electron chi connectivity index (χ0n) is 16.6. The number of rotatable bonds is 5. The van der Waals surface area contributed by atoms with Gasteiger partial charge in [0.25, 0.3) is 11.8 Å². The minimum atomic E-state index is -0.348. The molecular weight excluding hydrogens is 384 g/mol. The van der Waals surface area contributed by atoms with E-state index in [9.17, 15) is 14.4 Å². The van der Waals surface area contributed by atoms with Crippen LogP contribution >= 0.6 is 0 Å². The van der Waals surface area contributed by atoms with E-state index in [2.05, 4.69) is 10.3 Å². The number of morpholine rings is 1. The SMILES string of the molecule is CC(=O)Nc1ccc(C2=C(N3CCOCC3)C(=O)N(Cc3ccccn3)C2=O)cc1. The Balaban J connectivity index is 1.70. The van der Waals surface area contributed by atoms with Crippen LogP contribution in [-0.4, -0.2) is 58.8 Å². The van der Waals surface area contributed by atoms with E-state index in [1.165, 1.54) is 11.8 Å². The van der Waals surface area contributed by atoms with Crippen LogP contribution in [-0.2, 0) is 25.7 Å². The molecule has 1 saturated heterocycles. The summed E-state index contributed by atoms with van der Waals surface area (Å²) in [6.07, 6.45) is 1.64. The fourth-order valence-corrected chi connectivity index (χ4v) is 3.62. The Morgan fingerprint density at radius 1 is 1.07 bits per heavy atom. The summed E-state index contributed by atoms with van der Waals surface area (Å²) in [5, 5.41) is 2.71. The van der Waals surface area contributed by atoms with Gasteiger partial charge in [0.05, 0.1) is 31.0 Å². The highest BCUT2D eigenvalue weighted by Gasteiger charge is 2.42. The van der Waals surface area contributed by atoms with Crippen molar-refractivity contribution in [2.24, 2.45) is 0 Å². The molecule has 0 spiro atoms. The van der Waals surface area contributed by atoms with Gasteiger partial charge in [-0.1, -0.05) is 18.2 Å². The first-order valence-electron chi connectivity index (χ1n) is 9.75. The maximum atomic E-state index is 13.3. The Bertz CT molecular complexity index is 996. The predicted molar refractivity (Wildman–Crippen MR) is 110 cm³/mol. The van der Waals surface area contributed by atoms with Crippen molar-refractivity contribution in [2.75, 3.05) is 31.6 Å². The van der Waals surface area contributed by atoms with E-state index in [0.717, 1.165) is 0 Å². The Morgan fingerprint density at radius 3 is 2.43 bits per heavy atom. The van der Waals surface area contributed by atoms with Gasteiger partial charge in [-0.2, -0.15) is 0 Å². The molecule has 2 aromatic rings. The Labute approximate surface area is 174 Å². The number of nitrogens with zero attached hydrogens (tertiary/aromatic N) is 3. The van der Waals surface area contributed by atoms with E-state index in [4.69, 9.17) is 4.74 Å². The molecule has 3 amide bonds. The van der Waals surface area contributed by atoms with Crippen LogP contribution in [0.15, 0.2) is 54.4 Å². The van der Waals surface area contributed by atoms with Crippen molar-refractivity contribution in [2.45, 2.75) is 13.5 Å². The summed E-state index contributed by atoms with van der Waals surface area (Å²) < 4.78 is 5.41. The third-order valence-corrected chi connectivity index (χ3v) is 5.01. The molecule has 8 heteroatoms. The van der Waals surface area contributed by atoms with E-state index in [1.54, 1.807) is 42.6 Å². The lowest BCUT2D eigenvalue weighted by Crippen LogP contribution is -2.40. The molecule has 2 aliphatic rings. The number of anilines is 1. The number of benzene rings is 1. The highest BCUT2D eigenvalue weighted by molar-refractivity contribution is 6.35. The van der Waals surface area contributed by atoms with Crippen molar-refractivity contribution in [1.82, 2.24) is 14.8 Å². The van der Waals surface area contributed by atoms with Crippen molar-refractivity contribution in [3.05, 3.63) is 65.6 Å². The van der Waals surface area contributed by atoms with Crippen LogP contribution in [0.4, 0.5) is 5.69 Å². The fourth-order valence-electron chi connectivity index (χ4n) is 3.62. The smallest absolute Gasteiger partial charge is 0.278 e. The molecule has 4 rings (SSSR count). The van der Waals surface area contributed by atoms with E-state index in [-0.39, 0.29) is 24.3 Å². The molecule has 0 aliphatic carbocycles. The molecule has 2 aliphatic heterocycles. The van der Waals surface area contributed by atoms with Crippen LogP contribution in [0.3, 0.4) is 0 Å². The van der Waals surface area contributed by atoms with Crippen LogP contribution in [0, 0.1) is 0 Å². The number of carbonyl (C=O) groups excluding carboxylic acids is 3. The van der Waals surface area contributed by atoms with Crippen molar-refractivity contribution in [1.29, 1.82) is 0 Å². The molecule has 0 unspecified atom stereocenters. The fraction of sp³-hybridized carbons (Fsp3) is 0.273. The van der Waals surface area contributed by atoms with Gasteiger partial charge >= 0.3 is 0 Å². The first kappa shape index (κ1) is 19.8. The van der Waals surface area contributed by atoms with Crippen molar-refractivity contribution < 1.29 is 19.1 Å². The Kier molecular flexibility index (Phi) is 5.58. The number of amides is 3. The number of imide groups is 1. The number of carbonyl (C=O) groups is 3. The van der Waals surface area contributed by atoms with Gasteiger partial charge in [0, 0.05) is 31.9 Å². The minimum absolute atomic E-state index is 0.111. The van der Waals surface area contributed by atoms with Crippen molar-refractivity contribution in [3.8, 4) is 0 Å². The Hall–Kier alpha value is -3.52. The van der Waals surface area contributed by atoms with Gasteiger partial charge in [-0.15, -0.1) is 0 Å². The van der Waals surface area contributed by atoms with Crippen LogP contribution in [0.25, 0.3) is 5.57 Å². The highest BCUT2D eigenvalue weighted by atomic mass is 16.5. The summed E-state index contributed by atoms with van der Waals surface area (Å²) in [6.45, 7) is 3.62. The molecule has 1 N–H and O–H groups in total. The van der Waals surface area contributed by atoms with Gasteiger partial charge < -0.3 is 15.0 Å². The van der Waals surface area contributed by atoms with E-state index in [1.807, 2.05) is 11.0 Å². The van der Waals surface area contributed by atoms with Gasteiger partial charge in [0.1, 0.15) is 5.70 Å². The molecule has 1 fully saturated rings. The van der Waals surface area contributed by atoms with E-state index >= 15 is 0 Å². The summed E-state index contributed by atoms with van der Waals surface area (Å²) in [5.41, 5.74) is 2.66. The number of aromatic nitrogens is 1. The molecule has 8 nitrogen and oxygen atoms in total. The average Bonchev–Trinajstić information content (AvgIpc) is 3.00. The van der Waals surface area contributed by atoms with Gasteiger partial charge in [0.2, 0.25) is 5.91 Å². The molecule has 154 valence electrons. The van der Waals surface area contributed by atoms with E-state index in [0.29, 0.717) is 54.5 Å². The average molecular weight is 406 g/mol. The zero-order chi connectivity index (χ0) is 21.1. The summed E-state index contributed by atoms with van der Waals surface area (Å²) in [6, 6.07) is 12.3. The van der Waals surface area contributed by atoms with Gasteiger partial charge in [-0.3, -0.25) is 24.3 Å². The lowest BCUT2D eigenvalue weighted by Gasteiger charge is -2.29. The van der Waals surface area contributed by atoms with Crippen molar-refractivity contribution in [3.63, 3.8) is 0 Å². The second kappa shape index (κ2) is 8.46. The van der Waals surface area contributed by atoms with Gasteiger partial charge in [0.15, 0.2) is 0 Å². The summed E-state index contributed by atoms with van der Waals surface area (Å²) in [5.74, 6) is -0.849. The summed E-state index contributed by atoms with van der Waals surface area (Å²) in [4.78, 5) is 45.3. The molecule has 1 aromatic carbocycles. The molecular formula is C22H22N4O4. The van der Waals surface area contributed by atoms with Gasteiger partial charge in [-0.25, -0.2) is 0 Å². The molecule has 3 heterocycles. The van der Waals surface area contributed by atoms with Crippen LogP contribution in [0.1, 0.15) is 18.2 Å². The van der Waals surface area contributed by atoms with Crippen molar-refractivity contribution >= 4 is 29.0 Å². The lowest BCUT2D eigenvalue weighted by molar-refractivity contribution is -0.138. The lowest BCUT2D eigenvalue weighted by atomic mass is 10.0. The highest BCUT2D eigenvalue weighted by Crippen LogP contribution is 2.33. The molecule has 0 atom stereocenters. The predicted octanol–water partition coefficient (Wildman–Crippen LogP) is 1.65. The normalized spacial score (nSPS) is 17.0. The van der Waals surface area contributed by atoms with Crippen LogP contribution in [0.5, 0.6) is 0 Å². The maximum absolute atomic E-state index is 13.3. The number of pyridine rings is 1. The second-order valence-electron chi connectivity index (χ2n) is 7.10. The third kappa shape index (κ3) is 3.95. The number of hydrogen-bond acceptors (Lipinski definition) is 6. The van der Waals surface area contributed by atoms with Crippen LogP contribution in [0.2, 0.25) is 0 Å². The first-order valence-corrected chi connectivity index (χ1v) is 9.75. The third-order valence-electron chi connectivity index (χ3n) is 5.01.